The lowest BCUT2D eigenvalue weighted by molar-refractivity contribution is -0.138. The lowest BCUT2D eigenvalue weighted by Gasteiger charge is -2.35. The summed E-state index contributed by atoms with van der Waals surface area (Å²) < 4.78 is 0. The predicted octanol–water partition coefficient (Wildman–Crippen LogP) is 0.197. The molecule has 0 aromatic carbocycles. The van der Waals surface area contributed by atoms with Crippen molar-refractivity contribution in [1.29, 1.82) is 0 Å². The summed E-state index contributed by atoms with van der Waals surface area (Å²) in [6.45, 7) is 6.43. The molecule has 1 atom stereocenters. The summed E-state index contributed by atoms with van der Waals surface area (Å²) in [6, 6.07) is -0.211. The van der Waals surface area contributed by atoms with Crippen molar-refractivity contribution >= 4 is 12.0 Å². The minimum absolute atomic E-state index is 0.0477. The molecule has 2 N–H and O–H groups in total. The van der Waals surface area contributed by atoms with Crippen molar-refractivity contribution in [2.45, 2.75) is 26.3 Å². The fourth-order valence-electron chi connectivity index (χ4n) is 1.82. The number of hydrogen-bond donors (Lipinski definition) is 2. The molecule has 0 aromatic heterocycles. The minimum Gasteiger partial charge on any atom is -0.480 e. The second-order valence-corrected chi connectivity index (χ2v) is 4.30. The predicted molar refractivity (Wildman–Crippen MR) is 63.9 cm³/mol. The molecule has 0 saturated carbocycles. The van der Waals surface area contributed by atoms with Crippen LogP contribution in [0, 0.1) is 0 Å². The molecule has 0 aliphatic carbocycles. The van der Waals surface area contributed by atoms with Crippen LogP contribution >= 0.6 is 0 Å². The van der Waals surface area contributed by atoms with Gasteiger partial charge in [0.25, 0.3) is 0 Å². The van der Waals surface area contributed by atoms with Gasteiger partial charge in [-0.2, -0.15) is 0 Å². The van der Waals surface area contributed by atoms with Crippen LogP contribution in [-0.2, 0) is 4.79 Å². The van der Waals surface area contributed by atoms with Crippen LogP contribution in [0.2, 0.25) is 0 Å². The molecular formula is C11H21N3O3. The first kappa shape index (κ1) is 13.8. The number of carbonyl (C=O) groups excluding carboxylic acids is 1. The van der Waals surface area contributed by atoms with Crippen LogP contribution in [0.3, 0.4) is 0 Å². The number of carboxylic acid groups (broad SMARTS) is 1. The number of nitrogens with one attached hydrogen (secondary N) is 1. The van der Waals surface area contributed by atoms with Crippen molar-refractivity contribution in [3.8, 4) is 0 Å². The number of amides is 2. The van der Waals surface area contributed by atoms with E-state index in [2.05, 4.69) is 5.32 Å². The molecule has 2 amide bonds. The van der Waals surface area contributed by atoms with E-state index in [-0.39, 0.29) is 18.6 Å². The van der Waals surface area contributed by atoms with Crippen molar-refractivity contribution < 1.29 is 14.7 Å². The Bertz CT molecular complexity index is 277. The first-order valence-electron chi connectivity index (χ1n) is 6.04. The summed E-state index contributed by atoms with van der Waals surface area (Å²) in [5, 5.41) is 12.0. The van der Waals surface area contributed by atoms with E-state index < -0.39 is 5.97 Å². The average Bonchev–Trinajstić information content (AvgIpc) is 2.35. The molecule has 1 rings (SSSR count). The number of nitrogens with zero attached hydrogens (tertiary/aromatic N) is 2. The quantitative estimate of drug-likeness (QED) is 0.739. The maximum absolute atomic E-state index is 12.2. The summed E-state index contributed by atoms with van der Waals surface area (Å²) in [5.74, 6) is -0.964. The third-order valence-corrected chi connectivity index (χ3v) is 3.06. The highest BCUT2D eigenvalue weighted by atomic mass is 16.4. The third kappa shape index (κ3) is 3.89. The molecule has 1 aliphatic rings. The van der Waals surface area contributed by atoms with E-state index in [4.69, 9.17) is 5.11 Å². The van der Waals surface area contributed by atoms with E-state index in [1.54, 1.807) is 4.90 Å². The van der Waals surface area contributed by atoms with Gasteiger partial charge in [-0.3, -0.25) is 4.79 Å². The molecular weight excluding hydrogens is 222 g/mol. The lowest BCUT2D eigenvalue weighted by atomic mass is 10.2. The van der Waals surface area contributed by atoms with E-state index >= 15 is 0 Å². The summed E-state index contributed by atoms with van der Waals surface area (Å²) in [7, 11) is 0. The average molecular weight is 243 g/mol. The maximum atomic E-state index is 12.2. The molecule has 1 saturated heterocycles. The van der Waals surface area contributed by atoms with Crippen molar-refractivity contribution in [2.24, 2.45) is 0 Å². The van der Waals surface area contributed by atoms with Gasteiger partial charge in [-0.25, -0.2) is 4.79 Å². The van der Waals surface area contributed by atoms with E-state index in [1.807, 2.05) is 13.8 Å². The van der Waals surface area contributed by atoms with Crippen LogP contribution in [0.5, 0.6) is 0 Å². The van der Waals surface area contributed by atoms with E-state index in [9.17, 15) is 9.59 Å². The Morgan fingerprint density at radius 3 is 2.47 bits per heavy atom. The second kappa shape index (κ2) is 6.44. The standard InChI is InChI=1S/C11H21N3O3/c1-3-9(2)14(8-10(15)16)11(17)13-6-4-12-5-7-13/h9,12H,3-8H2,1-2H3,(H,15,16). The molecule has 98 valence electrons. The minimum atomic E-state index is -0.964. The molecule has 1 aliphatic heterocycles. The topological polar surface area (TPSA) is 72.9 Å². The fraction of sp³-hybridized carbons (Fsp3) is 0.818. The number of carboxylic acids is 1. The highest BCUT2D eigenvalue weighted by Gasteiger charge is 2.26. The van der Waals surface area contributed by atoms with Crippen LogP contribution in [0.4, 0.5) is 4.79 Å². The lowest BCUT2D eigenvalue weighted by Crippen LogP contribution is -2.54. The Labute approximate surface area is 102 Å². The highest BCUT2D eigenvalue weighted by Crippen LogP contribution is 2.08. The van der Waals surface area contributed by atoms with Gasteiger partial charge in [-0.05, 0) is 13.3 Å². The fourth-order valence-corrected chi connectivity index (χ4v) is 1.82. The molecule has 17 heavy (non-hydrogen) atoms. The first-order chi connectivity index (χ1) is 8.06. The monoisotopic (exact) mass is 243 g/mol. The second-order valence-electron chi connectivity index (χ2n) is 4.30. The smallest absolute Gasteiger partial charge is 0.323 e. The number of carbonyl (C=O) groups is 2. The van der Waals surface area contributed by atoms with Gasteiger partial charge in [-0.15, -0.1) is 0 Å². The van der Waals surface area contributed by atoms with Crippen LogP contribution in [0.1, 0.15) is 20.3 Å². The Morgan fingerprint density at radius 1 is 1.41 bits per heavy atom. The Balaban J connectivity index is 2.66. The Hall–Kier alpha value is -1.30. The summed E-state index contributed by atoms with van der Waals surface area (Å²) in [5.41, 5.74) is 0. The normalized spacial score (nSPS) is 17.6. The third-order valence-electron chi connectivity index (χ3n) is 3.06. The molecule has 1 heterocycles. The zero-order chi connectivity index (χ0) is 12.8. The number of hydrogen-bond acceptors (Lipinski definition) is 3. The van der Waals surface area contributed by atoms with Crippen LogP contribution in [-0.4, -0.2) is 65.7 Å². The van der Waals surface area contributed by atoms with Crippen molar-refractivity contribution in [3.05, 3.63) is 0 Å². The molecule has 0 aromatic rings. The van der Waals surface area contributed by atoms with E-state index in [1.165, 1.54) is 4.90 Å². The van der Waals surface area contributed by atoms with Crippen LogP contribution in [0.25, 0.3) is 0 Å². The largest absolute Gasteiger partial charge is 0.480 e. The molecule has 0 bridgehead atoms. The molecule has 6 nitrogen and oxygen atoms in total. The van der Waals surface area contributed by atoms with E-state index in [0.717, 1.165) is 19.5 Å². The maximum Gasteiger partial charge on any atom is 0.323 e. The number of urea groups is 1. The number of rotatable bonds is 4. The Kier molecular flexibility index (Phi) is 5.21. The zero-order valence-corrected chi connectivity index (χ0v) is 10.5. The van der Waals surface area contributed by atoms with Crippen molar-refractivity contribution in [1.82, 2.24) is 15.1 Å². The molecule has 1 unspecified atom stereocenters. The first-order valence-corrected chi connectivity index (χ1v) is 6.04. The van der Waals surface area contributed by atoms with Crippen molar-refractivity contribution in [3.63, 3.8) is 0 Å². The van der Waals surface area contributed by atoms with Gasteiger partial charge >= 0.3 is 12.0 Å². The van der Waals surface area contributed by atoms with Crippen LogP contribution in [0.15, 0.2) is 0 Å². The summed E-state index contributed by atoms with van der Waals surface area (Å²) in [4.78, 5) is 26.1. The van der Waals surface area contributed by atoms with Crippen molar-refractivity contribution in [2.75, 3.05) is 32.7 Å². The van der Waals surface area contributed by atoms with Gasteiger partial charge in [0.1, 0.15) is 6.54 Å². The van der Waals surface area contributed by atoms with E-state index in [0.29, 0.717) is 13.1 Å². The SMILES string of the molecule is CCC(C)N(CC(=O)O)C(=O)N1CCNCC1. The summed E-state index contributed by atoms with van der Waals surface area (Å²) >= 11 is 0. The van der Waals surface area contributed by atoms with Gasteiger partial charge in [0.15, 0.2) is 0 Å². The van der Waals surface area contributed by atoms with Gasteiger partial charge < -0.3 is 20.2 Å². The molecule has 0 spiro atoms. The zero-order valence-electron chi connectivity index (χ0n) is 10.5. The number of aliphatic carboxylic acids is 1. The highest BCUT2D eigenvalue weighted by molar-refractivity contribution is 5.80. The molecule has 1 fully saturated rings. The molecule has 6 heteroatoms. The van der Waals surface area contributed by atoms with Gasteiger partial charge in [0.2, 0.25) is 0 Å². The van der Waals surface area contributed by atoms with Gasteiger partial charge in [0, 0.05) is 32.2 Å². The van der Waals surface area contributed by atoms with Crippen LogP contribution < -0.4 is 5.32 Å². The molecule has 0 radical (unpaired) electrons. The van der Waals surface area contributed by atoms with Gasteiger partial charge in [-0.1, -0.05) is 6.92 Å². The van der Waals surface area contributed by atoms with Gasteiger partial charge in [0.05, 0.1) is 0 Å². The Morgan fingerprint density at radius 2 is 2.00 bits per heavy atom. The summed E-state index contributed by atoms with van der Waals surface area (Å²) in [6.07, 6.45) is 0.755. The number of piperazine rings is 1.